The number of rotatable bonds is 2. The van der Waals surface area contributed by atoms with Crippen LogP contribution in [0.5, 0.6) is 0 Å². The second-order valence-corrected chi connectivity index (χ2v) is 1.84. The molecule has 0 aromatic heterocycles. The maximum Gasteiger partial charge on any atom is 0.128 e. The van der Waals surface area contributed by atoms with Crippen molar-refractivity contribution in [2.24, 2.45) is 5.73 Å². The topological polar surface area (TPSA) is 26.0 Å². The van der Waals surface area contributed by atoms with Crippen molar-refractivity contribution in [2.45, 2.75) is 19.1 Å². The number of hydrogen-bond donors (Lipinski definition) is 1. The molecule has 2 N–H and O–H groups in total. The summed E-state index contributed by atoms with van der Waals surface area (Å²) in [5, 5.41) is 0. The highest BCUT2D eigenvalue weighted by molar-refractivity contribution is 6.18. The summed E-state index contributed by atoms with van der Waals surface area (Å²) in [4.78, 5) is 0. The van der Waals surface area contributed by atoms with E-state index in [0.717, 1.165) is 0 Å². The fraction of sp³-hybridized carbons (Fsp3) is 1.00. The third-order valence-electron chi connectivity index (χ3n) is 0.718. The number of hydrogen-bond acceptors (Lipinski definition) is 1. The third-order valence-corrected chi connectivity index (χ3v) is 1.01. The molecule has 3 heteroatoms. The lowest BCUT2D eigenvalue weighted by Gasteiger charge is -2.05. The molecule has 1 unspecified atom stereocenters. The molecule has 0 fully saturated rings. The van der Waals surface area contributed by atoms with E-state index in [9.17, 15) is 4.39 Å². The lowest BCUT2D eigenvalue weighted by Crippen LogP contribution is -2.28. The smallest absolute Gasteiger partial charge is 0.128 e. The maximum atomic E-state index is 12.0. The molecule has 0 radical (unpaired) electrons. The summed E-state index contributed by atoms with van der Waals surface area (Å²) >= 11 is 5.09. The van der Waals surface area contributed by atoms with Gasteiger partial charge in [0.2, 0.25) is 0 Å². The Balaban J connectivity index is 3.14. The lowest BCUT2D eigenvalue weighted by atomic mass is 10.2. The second-order valence-electron chi connectivity index (χ2n) is 1.53. The molecule has 0 aromatic carbocycles. The first-order valence-corrected chi connectivity index (χ1v) is 2.67. The first-order valence-electron chi connectivity index (χ1n) is 2.14. The summed E-state index contributed by atoms with van der Waals surface area (Å²) in [6.45, 7) is 1.59. The van der Waals surface area contributed by atoms with Crippen LogP contribution >= 0.6 is 11.6 Å². The largest absolute Gasteiger partial charge is 0.325 e. The summed E-state index contributed by atoms with van der Waals surface area (Å²) < 4.78 is 12.0. The number of alkyl halides is 2. The third kappa shape index (κ3) is 2.83. The van der Waals surface area contributed by atoms with Crippen LogP contribution in [0.4, 0.5) is 4.39 Å². The summed E-state index contributed by atoms with van der Waals surface area (Å²) in [5.41, 5.74) is 5.09. The van der Waals surface area contributed by atoms with E-state index in [4.69, 9.17) is 17.3 Å². The molecule has 1 nitrogen and oxygen atoms in total. The molecule has 0 bridgehead atoms. The molecular formula is C4H9ClFN. The molecule has 0 aromatic rings. The summed E-state index contributed by atoms with van der Waals surface area (Å²) in [6.07, 6.45) is -1.05. The predicted octanol–water partition coefficient (Wildman–Crippen LogP) is 0.911. The minimum absolute atomic E-state index is 0.00231. The number of halogens is 2. The van der Waals surface area contributed by atoms with E-state index in [2.05, 4.69) is 0 Å². The van der Waals surface area contributed by atoms with Gasteiger partial charge in [0.25, 0.3) is 0 Å². The maximum absolute atomic E-state index is 12.0. The average Bonchev–Trinajstić information content (AvgIpc) is 1.65. The molecular weight excluding hydrogens is 117 g/mol. The van der Waals surface area contributed by atoms with Crippen molar-refractivity contribution in [1.29, 1.82) is 0 Å². The quantitative estimate of drug-likeness (QED) is 0.546. The van der Waals surface area contributed by atoms with E-state index in [-0.39, 0.29) is 5.88 Å². The van der Waals surface area contributed by atoms with Crippen molar-refractivity contribution in [3.63, 3.8) is 0 Å². The van der Waals surface area contributed by atoms with Crippen molar-refractivity contribution in [3.8, 4) is 0 Å². The van der Waals surface area contributed by atoms with Crippen molar-refractivity contribution in [1.82, 2.24) is 0 Å². The van der Waals surface area contributed by atoms with Gasteiger partial charge in [-0.1, -0.05) is 0 Å². The van der Waals surface area contributed by atoms with Crippen LogP contribution in [0.2, 0.25) is 0 Å². The van der Waals surface area contributed by atoms with Gasteiger partial charge >= 0.3 is 0 Å². The van der Waals surface area contributed by atoms with E-state index in [1.807, 2.05) is 0 Å². The molecule has 0 heterocycles. The van der Waals surface area contributed by atoms with Gasteiger partial charge in [0.05, 0.1) is 5.88 Å². The Morgan fingerprint density at radius 3 is 2.29 bits per heavy atom. The van der Waals surface area contributed by atoms with Crippen LogP contribution in [0.25, 0.3) is 0 Å². The van der Waals surface area contributed by atoms with E-state index in [1.165, 1.54) is 0 Å². The molecule has 0 saturated heterocycles. The Kier molecular flexibility index (Phi) is 3.30. The van der Waals surface area contributed by atoms with Gasteiger partial charge in [-0.3, -0.25) is 0 Å². The molecule has 0 rings (SSSR count). The van der Waals surface area contributed by atoms with Gasteiger partial charge in [-0.05, 0) is 6.92 Å². The summed E-state index contributed by atoms with van der Waals surface area (Å²) in [6, 6.07) is -0.433. The Hall–Kier alpha value is 0.180. The molecule has 2 atom stereocenters. The lowest BCUT2D eigenvalue weighted by molar-refractivity contribution is 0.321. The van der Waals surface area contributed by atoms with E-state index in [0.29, 0.717) is 0 Å². The van der Waals surface area contributed by atoms with Crippen molar-refractivity contribution in [3.05, 3.63) is 0 Å². The van der Waals surface area contributed by atoms with Gasteiger partial charge in [-0.25, -0.2) is 4.39 Å². The molecule has 7 heavy (non-hydrogen) atoms. The van der Waals surface area contributed by atoms with Gasteiger partial charge in [-0.2, -0.15) is 0 Å². The van der Waals surface area contributed by atoms with Crippen molar-refractivity contribution >= 4 is 11.6 Å². The Labute approximate surface area is 47.6 Å². The molecule has 0 aliphatic rings. The van der Waals surface area contributed by atoms with E-state index >= 15 is 0 Å². The van der Waals surface area contributed by atoms with Crippen LogP contribution in [0.1, 0.15) is 6.92 Å². The Morgan fingerprint density at radius 2 is 2.29 bits per heavy atom. The van der Waals surface area contributed by atoms with Gasteiger partial charge < -0.3 is 5.73 Å². The van der Waals surface area contributed by atoms with Crippen LogP contribution in [0.15, 0.2) is 0 Å². The molecule has 0 aliphatic heterocycles. The van der Waals surface area contributed by atoms with Gasteiger partial charge in [0, 0.05) is 6.04 Å². The molecule has 0 saturated carbocycles. The van der Waals surface area contributed by atoms with E-state index in [1.54, 1.807) is 6.92 Å². The van der Waals surface area contributed by atoms with Crippen LogP contribution in [0, 0.1) is 0 Å². The first-order chi connectivity index (χ1) is 3.18. The fourth-order valence-electron chi connectivity index (χ4n) is 0.141. The van der Waals surface area contributed by atoms with Crippen molar-refractivity contribution < 1.29 is 4.39 Å². The second kappa shape index (κ2) is 3.22. The highest BCUT2D eigenvalue weighted by atomic mass is 35.5. The molecule has 44 valence electrons. The highest BCUT2D eigenvalue weighted by Gasteiger charge is 2.07. The molecule has 0 amide bonds. The van der Waals surface area contributed by atoms with Gasteiger partial charge in [0.1, 0.15) is 6.17 Å². The minimum Gasteiger partial charge on any atom is -0.325 e. The van der Waals surface area contributed by atoms with Crippen LogP contribution in [0.3, 0.4) is 0 Å². The Bertz CT molecular complexity index is 49.0. The Morgan fingerprint density at radius 1 is 1.86 bits per heavy atom. The summed E-state index contributed by atoms with van der Waals surface area (Å²) in [5.74, 6) is -0.00231. The van der Waals surface area contributed by atoms with Crippen LogP contribution < -0.4 is 5.73 Å². The molecule has 0 spiro atoms. The molecule has 0 aliphatic carbocycles. The fourth-order valence-corrected chi connectivity index (χ4v) is 0.422. The van der Waals surface area contributed by atoms with E-state index < -0.39 is 12.2 Å². The van der Waals surface area contributed by atoms with Gasteiger partial charge in [-0.15, -0.1) is 11.6 Å². The predicted molar refractivity (Wildman–Crippen MR) is 29.3 cm³/mol. The number of nitrogens with two attached hydrogens (primary N) is 1. The van der Waals surface area contributed by atoms with Gasteiger partial charge in [0.15, 0.2) is 0 Å². The normalized spacial score (nSPS) is 18.9. The standard InChI is InChI=1S/C4H9ClFN/c1-3(7)4(6)2-5/h3-4H,2,7H2,1H3/t3?,4-/m1/s1. The SMILES string of the molecule is CC(N)[C@H](F)CCl. The summed E-state index contributed by atoms with van der Waals surface area (Å²) in [7, 11) is 0. The van der Waals surface area contributed by atoms with Crippen LogP contribution in [-0.4, -0.2) is 18.1 Å². The highest BCUT2D eigenvalue weighted by Crippen LogP contribution is 1.96. The zero-order valence-electron chi connectivity index (χ0n) is 4.20. The zero-order valence-corrected chi connectivity index (χ0v) is 4.95. The average molecular weight is 126 g/mol. The first kappa shape index (κ1) is 7.18. The monoisotopic (exact) mass is 125 g/mol. The zero-order chi connectivity index (χ0) is 5.86. The van der Waals surface area contributed by atoms with Crippen LogP contribution in [-0.2, 0) is 0 Å². The minimum atomic E-state index is -1.05. The van der Waals surface area contributed by atoms with Crippen molar-refractivity contribution in [2.75, 3.05) is 5.88 Å².